The molecule has 0 atom stereocenters. The lowest BCUT2D eigenvalue weighted by Gasteiger charge is -2.33. The van der Waals surface area contributed by atoms with Crippen LogP contribution in [0.4, 0.5) is 13.2 Å². The molecule has 178 valence electrons. The van der Waals surface area contributed by atoms with Crippen molar-refractivity contribution in [3.05, 3.63) is 29.8 Å². The highest BCUT2D eigenvalue weighted by molar-refractivity contribution is 7.89. The van der Waals surface area contributed by atoms with Gasteiger partial charge in [0.1, 0.15) is 0 Å². The Balaban J connectivity index is 1.62. The number of hydrogen-bond donors (Lipinski definition) is 0. The molecule has 12 heteroatoms. The molecule has 8 nitrogen and oxygen atoms in total. The van der Waals surface area contributed by atoms with Gasteiger partial charge in [0, 0.05) is 64.8 Å². The van der Waals surface area contributed by atoms with Crippen molar-refractivity contribution in [3.63, 3.8) is 0 Å². The highest BCUT2D eigenvalue weighted by Crippen LogP contribution is 2.21. The first-order valence-electron chi connectivity index (χ1n) is 10.4. The summed E-state index contributed by atoms with van der Waals surface area (Å²) in [6.07, 6.45) is -3.85. The predicted molar refractivity (Wildman–Crippen MR) is 110 cm³/mol. The number of piperazine rings is 1. The van der Waals surface area contributed by atoms with E-state index in [1.807, 2.05) is 0 Å². The van der Waals surface area contributed by atoms with Crippen LogP contribution in [0.15, 0.2) is 29.2 Å². The van der Waals surface area contributed by atoms with Crippen LogP contribution >= 0.6 is 0 Å². The lowest BCUT2D eigenvalue weighted by molar-refractivity contribution is -0.145. The molecule has 0 N–H and O–H groups in total. The van der Waals surface area contributed by atoms with E-state index in [1.54, 1.807) is 4.90 Å². The smallest absolute Gasteiger partial charge is 0.340 e. The molecule has 2 aliphatic rings. The second-order valence-electron chi connectivity index (χ2n) is 7.97. The van der Waals surface area contributed by atoms with Crippen molar-refractivity contribution in [1.29, 1.82) is 0 Å². The molecular weight excluding hydrogens is 449 g/mol. The van der Waals surface area contributed by atoms with Gasteiger partial charge >= 0.3 is 6.18 Å². The minimum Gasteiger partial charge on any atom is -0.340 e. The maximum atomic E-state index is 12.9. The Kier molecular flexibility index (Phi) is 7.46. The molecule has 0 unspecified atom stereocenters. The van der Waals surface area contributed by atoms with E-state index in [-0.39, 0.29) is 55.0 Å². The molecule has 1 aromatic carbocycles. The summed E-state index contributed by atoms with van der Waals surface area (Å²) in [5.41, 5.74) is 0.287. The molecule has 32 heavy (non-hydrogen) atoms. The fourth-order valence-corrected chi connectivity index (χ4v) is 5.35. The van der Waals surface area contributed by atoms with E-state index in [0.29, 0.717) is 26.1 Å². The Hall–Kier alpha value is -2.18. The average Bonchev–Trinajstić information content (AvgIpc) is 2.97. The van der Waals surface area contributed by atoms with Gasteiger partial charge in [0.15, 0.2) is 0 Å². The third-order valence-electron chi connectivity index (χ3n) is 5.70. The van der Waals surface area contributed by atoms with Gasteiger partial charge in [0.2, 0.25) is 15.9 Å². The topological polar surface area (TPSA) is 81.2 Å². The zero-order chi connectivity index (χ0) is 23.5. The summed E-state index contributed by atoms with van der Waals surface area (Å²) in [6.45, 7) is 2.40. The summed E-state index contributed by atoms with van der Waals surface area (Å²) in [5, 5.41) is 0. The first-order chi connectivity index (χ1) is 15.0. The van der Waals surface area contributed by atoms with Crippen molar-refractivity contribution >= 4 is 21.8 Å². The number of amides is 2. The van der Waals surface area contributed by atoms with E-state index in [9.17, 15) is 31.2 Å². The largest absolute Gasteiger partial charge is 0.401 e. The summed E-state index contributed by atoms with van der Waals surface area (Å²) >= 11 is 0. The number of sulfonamides is 1. The Morgan fingerprint density at radius 1 is 0.875 bits per heavy atom. The van der Waals surface area contributed by atoms with Gasteiger partial charge in [0.25, 0.3) is 5.91 Å². The molecule has 2 saturated heterocycles. The maximum Gasteiger partial charge on any atom is 0.401 e. The summed E-state index contributed by atoms with van der Waals surface area (Å²) in [6, 6.07) is 5.60. The molecule has 0 aliphatic carbocycles. The molecule has 0 radical (unpaired) electrons. The van der Waals surface area contributed by atoms with Crippen molar-refractivity contribution < 1.29 is 31.2 Å². The summed E-state index contributed by atoms with van der Waals surface area (Å²) < 4.78 is 64.9. The number of rotatable bonds is 4. The number of nitrogens with zero attached hydrogens (tertiary/aromatic N) is 4. The van der Waals surface area contributed by atoms with Gasteiger partial charge in [-0.3, -0.25) is 14.5 Å². The predicted octanol–water partition coefficient (Wildman–Crippen LogP) is 1.25. The molecule has 2 fully saturated rings. The summed E-state index contributed by atoms with van der Waals surface area (Å²) in [4.78, 5) is 28.7. The van der Waals surface area contributed by atoms with Crippen LogP contribution in [0.3, 0.4) is 0 Å². The van der Waals surface area contributed by atoms with Crippen molar-refractivity contribution in [2.45, 2.75) is 24.4 Å². The van der Waals surface area contributed by atoms with Crippen molar-refractivity contribution in [3.8, 4) is 0 Å². The van der Waals surface area contributed by atoms with Crippen LogP contribution in [0.25, 0.3) is 0 Å². The molecule has 2 aliphatic heterocycles. The molecule has 1 aromatic rings. The normalized spacial score (nSPS) is 19.6. The Morgan fingerprint density at radius 2 is 1.47 bits per heavy atom. The van der Waals surface area contributed by atoms with Crippen LogP contribution in [-0.2, 0) is 14.8 Å². The van der Waals surface area contributed by atoms with Crippen LogP contribution in [0.5, 0.6) is 0 Å². The van der Waals surface area contributed by atoms with Crippen LogP contribution in [0.2, 0.25) is 0 Å². The van der Waals surface area contributed by atoms with Crippen molar-refractivity contribution in [2.75, 3.05) is 58.9 Å². The van der Waals surface area contributed by atoms with Crippen LogP contribution in [0.1, 0.15) is 23.7 Å². The molecule has 0 aromatic heterocycles. The van der Waals surface area contributed by atoms with Crippen LogP contribution < -0.4 is 0 Å². The van der Waals surface area contributed by atoms with Gasteiger partial charge < -0.3 is 9.80 Å². The van der Waals surface area contributed by atoms with Crippen molar-refractivity contribution in [1.82, 2.24) is 19.0 Å². The van der Waals surface area contributed by atoms with Crippen molar-refractivity contribution in [2.24, 2.45) is 0 Å². The lowest BCUT2D eigenvalue weighted by Crippen LogP contribution is -2.49. The third kappa shape index (κ3) is 5.99. The van der Waals surface area contributed by atoms with Gasteiger partial charge in [-0.05, 0) is 30.7 Å². The van der Waals surface area contributed by atoms with Gasteiger partial charge in [-0.25, -0.2) is 8.42 Å². The molecule has 2 heterocycles. The van der Waals surface area contributed by atoms with Gasteiger partial charge in [-0.1, -0.05) is 0 Å². The van der Waals surface area contributed by atoms with E-state index < -0.39 is 22.7 Å². The first kappa shape index (κ1) is 24.5. The number of carbonyl (C=O) groups is 2. The zero-order valence-corrected chi connectivity index (χ0v) is 18.7. The Morgan fingerprint density at radius 3 is 2.03 bits per heavy atom. The molecular formula is C20H27F3N4O4S. The maximum absolute atomic E-state index is 12.9. The highest BCUT2D eigenvalue weighted by Gasteiger charge is 2.32. The Bertz CT molecular complexity index is 929. The summed E-state index contributed by atoms with van der Waals surface area (Å²) in [7, 11) is -3.75. The van der Waals surface area contributed by atoms with E-state index in [2.05, 4.69) is 0 Å². The number of carbonyl (C=O) groups excluding carboxylic acids is 2. The Labute approximate surface area is 185 Å². The van der Waals surface area contributed by atoms with E-state index in [4.69, 9.17) is 0 Å². The van der Waals surface area contributed by atoms with Crippen LogP contribution in [0, 0.1) is 0 Å². The molecule has 0 bridgehead atoms. The van der Waals surface area contributed by atoms with E-state index in [1.165, 1.54) is 45.3 Å². The van der Waals surface area contributed by atoms with Crippen LogP contribution in [-0.4, -0.2) is 104 Å². The van der Waals surface area contributed by atoms with Gasteiger partial charge in [0.05, 0.1) is 11.4 Å². The standard InChI is InChI=1S/C20H27F3N4O4S/c1-16(28)25-11-13-27(14-12-25)32(30,31)18-5-3-17(4-6-18)19(29)26-8-2-7-24(9-10-26)15-20(21,22)23/h3-6H,2,7-15H2,1H3. The molecule has 3 rings (SSSR count). The zero-order valence-electron chi connectivity index (χ0n) is 17.8. The van der Waals surface area contributed by atoms with Gasteiger partial charge in [-0.2, -0.15) is 17.5 Å². The number of alkyl halides is 3. The SMILES string of the molecule is CC(=O)N1CCN(S(=O)(=O)c2ccc(C(=O)N3CCCN(CC(F)(F)F)CC3)cc2)CC1. The third-order valence-corrected chi connectivity index (χ3v) is 7.61. The summed E-state index contributed by atoms with van der Waals surface area (Å²) in [5.74, 6) is -0.433. The molecule has 0 spiro atoms. The number of benzene rings is 1. The second kappa shape index (κ2) is 9.75. The number of hydrogen-bond acceptors (Lipinski definition) is 5. The minimum atomic E-state index is -4.28. The minimum absolute atomic E-state index is 0.0533. The molecule has 0 saturated carbocycles. The average molecular weight is 477 g/mol. The fraction of sp³-hybridized carbons (Fsp3) is 0.600. The lowest BCUT2D eigenvalue weighted by atomic mass is 10.2. The monoisotopic (exact) mass is 476 g/mol. The molecule has 2 amide bonds. The van der Waals surface area contributed by atoms with Gasteiger partial charge in [-0.15, -0.1) is 0 Å². The van der Waals surface area contributed by atoms with E-state index >= 15 is 0 Å². The number of halogens is 3. The fourth-order valence-electron chi connectivity index (χ4n) is 3.93. The first-order valence-corrected chi connectivity index (χ1v) is 11.9. The quantitative estimate of drug-likeness (QED) is 0.654. The van der Waals surface area contributed by atoms with E-state index in [0.717, 1.165) is 0 Å². The second-order valence-corrected chi connectivity index (χ2v) is 9.91. The highest BCUT2D eigenvalue weighted by atomic mass is 32.2.